The molecule has 0 bridgehead atoms. The first kappa shape index (κ1) is 53.3. The molecule has 0 spiro atoms. The number of cyclic esters (lactones) is 1. The maximum Gasteiger partial charge on any atom is 0.343 e. The summed E-state index contributed by atoms with van der Waals surface area (Å²) in [5, 5.41) is 27.1. The second-order valence-electron chi connectivity index (χ2n) is 17.8. The van der Waals surface area contributed by atoms with Gasteiger partial charge in [-0.05, 0) is 55.0 Å². The quantitative estimate of drug-likeness (QED) is 0.0160. The van der Waals surface area contributed by atoms with E-state index in [0.29, 0.717) is 86.1 Å². The van der Waals surface area contributed by atoms with Crippen LogP contribution in [0.5, 0.6) is 0 Å². The van der Waals surface area contributed by atoms with Gasteiger partial charge in [-0.3, -0.25) is 43.3 Å². The number of nitrogens with one attached hydrogen (secondary N) is 6. The van der Waals surface area contributed by atoms with Gasteiger partial charge in [-0.1, -0.05) is 55.9 Å². The van der Waals surface area contributed by atoms with E-state index in [1.165, 1.54) is 11.0 Å². The molecule has 386 valence electrons. The van der Waals surface area contributed by atoms with E-state index in [1.54, 1.807) is 60.9 Å². The number of benzene rings is 2. The SMILES string of the molecule is CC[C@@]1(O)C(=O)OCc2c1cc1n(c2=S)Cc2c-1nc1cc(F)c(C)cc1c2CNC(=O)COCNC(=O)CNC(=O)[C@H](Cc1ccccc1)NC(=O)CNC(=O)CNC(=O)CCCCCN1C(=O)CCC1=O. The largest absolute Gasteiger partial charge is 0.458 e. The summed E-state index contributed by atoms with van der Waals surface area (Å²) in [6.07, 6.45) is 2.31. The first-order valence-corrected chi connectivity index (χ1v) is 24.3. The van der Waals surface area contributed by atoms with Crippen molar-refractivity contribution in [2.45, 2.75) is 96.6 Å². The average molecular weight is 1030 g/mol. The number of nitrogens with zero attached hydrogens (tertiary/aromatic N) is 3. The van der Waals surface area contributed by atoms with Crippen molar-refractivity contribution in [2.24, 2.45) is 0 Å². The number of unbranched alkanes of at least 4 members (excludes halogenated alkanes) is 2. The third kappa shape index (κ3) is 12.8. The molecule has 1 saturated heterocycles. The molecule has 7 N–H and O–H groups in total. The molecule has 8 amide bonds. The number of fused-ring (bicyclic) bond motifs is 5. The van der Waals surface area contributed by atoms with E-state index in [1.807, 2.05) is 0 Å². The zero-order chi connectivity index (χ0) is 52.4. The monoisotopic (exact) mass is 1030 g/mol. The highest BCUT2D eigenvalue weighted by Crippen LogP contribution is 2.42. The third-order valence-corrected chi connectivity index (χ3v) is 13.3. The topological polar surface area (TPSA) is 286 Å². The lowest BCUT2D eigenvalue weighted by molar-refractivity contribution is -0.172. The van der Waals surface area contributed by atoms with Crippen LogP contribution in [0.25, 0.3) is 22.3 Å². The molecule has 73 heavy (non-hydrogen) atoms. The number of esters is 1. The van der Waals surface area contributed by atoms with E-state index >= 15 is 0 Å². The van der Waals surface area contributed by atoms with Crippen molar-refractivity contribution in [1.29, 1.82) is 0 Å². The van der Waals surface area contributed by atoms with Crippen LogP contribution in [0, 0.1) is 17.4 Å². The van der Waals surface area contributed by atoms with Gasteiger partial charge < -0.3 is 51.0 Å². The maximum absolute atomic E-state index is 14.9. The minimum atomic E-state index is -1.92. The molecule has 3 aliphatic heterocycles. The molecule has 7 rings (SSSR count). The number of carbonyl (C=O) groups is 9. The lowest BCUT2D eigenvalue weighted by Gasteiger charge is -2.32. The fourth-order valence-electron chi connectivity index (χ4n) is 8.78. The van der Waals surface area contributed by atoms with Crippen LogP contribution >= 0.6 is 12.2 Å². The van der Waals surface area contributed by atoms with Crippen molar-refractivity contribution in [2.75, 3.05) is 39.5 Å². The number of likely N-dealkylation sites (tertiary alicyclic amines) is 1. The van der Waals surface area contributed by atoms with Crippen LogP contribution in [0.4, 0.5) is 4.39 Å². The van der Waals surface area contributed by atoms with Crippen LogP contribution in [0.3, 0.4) is 0 Å². The van der Waals surface area contributed by atoms with Gasteiger partial charge in [-0.15, -0.1) is 0 Å². The highest BCUT2D eigenvalue weighted by atomic mass is 32.1. The molecule has 4 aromatic rings. The molecule has 0 radical (unpaired) electrons. The zero-order valence-electron chi connectivity index (χ0n) is 40.3. The van der Waals surface area contributed by atoms with Gasteiger partial charge in [0.05, 0.1) is 43.1 Å². The Kier molecular flexibility index (Phi) is 17.4. The molecule has 2 atom stereocenters. The molecule has 5 heterocycles. The van der Waals surface area contributed by atoms with E-state index < -0.39 is 85.9 Å². The van der Waals surface area contributed by atoms with Gasteiger partial charge in [0.15, 0.2) is 5.60 Å². The average Bonchev–Trinajstić information content (AvgIpc) is 3.91. The number of hydrogen-bond acceptors (Lipinski definition) is 14. The third-order valence-electron chi connectivity index (χ3n) is 12.8. The van der Waals surface area contributed by atoms with Crippen molar-refractivity contribution in [3.8, 4) is 11.4 Å². The molecule has 1 fully saturated rings. The van der Waals surface area contributed by atoms with Crippen molar-refractivity contribution >= 4 is 76.3 Å². The second-order valence-corrected chi connectivity index (χ2v) is 18.2. The van der Waals surface area contributed by atoms with Crippen molar-refractivity contribution in [3.05, 3.63) is 92.4 Å². The van der Waals surface area contributed by atoms with Crippen LogP contribution in [0.1, 0.15) is 85.3 Å². The summed E-state index contributed by atoms with van der Waals surface area (Å²) in [6, 6.07) is 12.2. The second kappa shape index (κ2) is 23.8. The molecule has 23 heteroatoms. The Morgan fingerprint density at radius 3 is 2.30 bits per heavy atom. The number of amides is 8. The number of rotatable bonds is 23. The number of aliphatic hydroxyl groups is 1. The lowest BCUT2D eigenvalue weighted by Crippen LogP contribution is -2.52. The van der Waals surface area contributed by atoms with E-state index in [9.17, 15) is 52.6 Å². The highest BCUT2D eigenvalue weighted by Gasteiger charge is 2.45. The number of carbonyl (C=O) groups excluding carboxylic acids is 9. The van der Waals surface area contributed by atoms with Crippen LogP contribution in [-0.4, -0.2) is 118 Å². The van der Waals surface area contributed by atoms with Crippen molar-refractivity contribution in [1.82, 2.24) is 46.4 Å². The molecule has 2 aromatic heterocycles. The van der Waals surface area contributed by atoms with Crippen LogP contribution < -0.4 is 31.9 Å². The first-order valence-electron chi connectivity index (χ1n) is 23.8. The van der Waals surface area contributed by atoms with Crippen LogP contribution in [0.2, 0.25) is 0 Å². The van der Waals surface area contributed by atoms with E-state index in [-0.39, 0.29) is 69.5 Å². The molecule has 3 aliphatic rings. The fraction of sp³-hybridized carbons (Fsp3) is 0.420. The van der Waals surface area contributed by atoms with Gasteiger partial charge in [0.2, 0.25) is 47.3 Å². The lowest BCUT2D eigenvalue weighted by atomic mass is 9.86. The number of halogens is 1. The van der Waals surface area contributed by atoms with E-state index in [4.69, 9.17) is 26.7 Å². The Hall–Kier alpha value is -7.50. The molecule has 0 aliphatic carbocycles. The van der Waals surface area contributed by atoms with Gasteiger partial charge in [0.1, 0.15) is 36.4 Å². The Bertz CT molecular complexity index is 2920. The Morgan fingerprint density at radius 2 is 1.56 bits per heavy atom. The Labute approximate surface area is 423 Å². The van der Waals surface area contributed by atoms with Gasteiger partial charge in [0.25, 0.3) is 0 Å². The molecule has 0 unspecified atom stereocenters. The summed E-state index contributed by atoms with van der Waals surface area (Å²) in [6.45, 7) is 1.37. The predicted octanol–water partition coefficient (Wildman–Crippen LogP) is 1.39. The summed E-state index contributed by atoms with van der Waals surface area (Å²) in [7, 11) is 0. The van der Waals surface area contributed by atoms with Gasteiger partial charge in [-0.25, -0.2) is 14.2 Å². The highest BCUT2D eigenvalue weighted by molar-refractivity contribution is 7.71. The number of ether oxygens (including phenoxy) is 2. The number of pyridine rings is 2. The summed E-state index contributed by atoms with van der Waals surface area (Å²) in [5.74, 6) is -5.31. The van der Waals surface area contributed by atoms with Crippen LogP contribution in [-0.2, 0) is 84.3 Å². The molecule has 21 nitrogen and oxygen atoms in total. The Balaban J connectivity index is 0.855. The zero-order valence-corrected chi connectivity index (χ0v) is 41.1. The molecule has 0 saturated carbocycles. The van der Waals surface area contributed by atoms with Gasteiger partial charge in [0, 0.05) is 66.9 Å². The predicted molar refractivity (Wildman–Crippen MR) is 260 cm³/mol. The molecule has 2 aromatic carbocycles. The molecular formula is C50H56FN9O12S. The van der Waals surface area contributed by atoms with Gasteiger partial charge in [-0.2, -0.15) is 0 Å². The number of aromatic nitrogens is 2. The van der Waals surface area contributed by atoms with Gasteiger partial charge >= 0.3 is 5.97 Å². The Morgan fingerprint density at radius 1 is 0.863 bits per heavy atom. The normalized spacial score (nSPS) is 15.9. The summed E-state index contributed by atoms with van der Waals surface area (Å²) in [4.78, 5) is 119. The van der Waals surface area contributed by atoms with E-state index in [2.05, 4.69) is 31.9 Å². The summed E-state index contributed by atoms with van der Waals surface area (Å²) < 4.78 is 27.8. The molecular weight excluding hydrogens is 970 g/mol. The number of imide groups is 1. The van der Waals surface area contributed by atoms with E-state index in [0.717, 1.165) is 0 Å². The fourth-order valence-corrected chi connectivity index (χ4v) is 9.11. The van der Waals surface area contributed by atoms with Crippen LogP contribution in [0.15, 0.2) is 48.5 Å². The summed E-state index contributed by atoms with van der Waals surface area (Å²) in [5.41, 5.74) is 2.56. The minimum absolute atomic E-state index is 0.0293. The van der Waals surface area contributed by atoms with Crippen molar-refractivity contribution < 1.29 is 62.1 Å². The maximum atomic E-state index is 14.9. The standard InChI is InChI=1S/C50H56FN9O12S/c1-3-50(70)34-18-38-46-32(24-60(38)48(73)33(34)25-72-49(50)69)31(30-16-28(2)35(51)19-36(30)58-46)20-52-43(65)26-71-27-56-41(63)22-55-47(68)37(17-29-10-6-4-7-11-29)57-42(64)23-54-40(62)21-53-39(61)12-8-5-9-15-59-44(66)13-14-45(59)67/h4,6-7,10-11,16,18-19,37,70H,3,5,8-9,12-15,17,20-27H2,1-2H3,(H,52,65)(H,53,61)(H,54,62)(H,55,68)(H,56,63)(H,57,64)/t37-,50-/m0/s1. The first-order chi connectivity index (χ1) is 35.0. The summed E-state index contributed by atoms with van der Waals surface area (Å²) >= 11 is 5.84. The smallest absolute Gasteiger partial charge is 0.343 e. The minimum Gasteiger partial charge on any atom is -0.458 e. The van der Waals surface area contributed by atoms with Crippen molar-refractivity contribution in [3.63, 3.8) is 0 Å². The number of hydrogen-bond donors (Lipinski definition) is 7. The number of aryl methyl sites for hydroxylation is 1.